The molecule has 1 unspecified atom stereocenters. The number of aromatic nitrogens is 1. The predicted molar refractivity (Wildman–Crippen MR) is 65.9 cm³/mol. The van der Waals surface area contributed by atoms with Crippen molar-refractivity contribution in [3.05, 3.63) is 23.5 Å². The largest absolute Gasteiger partial charge is 0.396 e. The zero-order chi connectivity index (χ0) is 11.4. The van der Waals surface area contributed by atoms with Crippen LogP contribution in [-0.2, 0) is 0 Å². The molecule has 2 rings (SSSR count). The molecule has 1 aliphatic rings. The fourth-order valence-electron chi connectivity index (χ4n) is 2.37. The Balaban J connectivity index is 2.07. The van der Waals surface area contributed by atoms with E-state index in [0.29, 0.717) is 11.2 Å². The van der Waals surface area contributed by atoms with Gasteiger partial charge in [-0.2, -0.15) is 0 Å². The van der Waals surface area contributed by atoms with Crippen LogP contribution >= 0.6 is 11.6 Å². The van der Waals surface area contributed by atoms with Gasteiger partial charge in [-0.05, 0) is 37.8 Å². The van der Waals surface area contributed by atoms with Gasteiger partial charge in [0.2, 0.25) is 0 Å². The Bertz CT molecular complexity index is 346. The van der Waals surface area contributed by atoms with E-state index in [0.717, 1.165) is 25.1 Å². The van der Waals surface area contributed by atoms with E-state index in [1.165, 1.54) is 12.8 Å². The van der Waals surface area contributed by atoms with Gasteiger partial charge in [0.25, 0.3) is 0 Å². The first-order chi connectivity index (χ1) is 7.81. The minimum Gasteiger partial charge on any atom is -0.396 e. The number of halogens is 1. The van der Waals surface area contributed by atoms with E-state index in [4.69, 9.17) is 16.7 Å². The molecule has 1 saturated heterocycles. The Kier molecular flexibility index (Phi) is 4.02. The summed E-state index contributed by atoms with van der Waals surface area (Å²) in [6.45, 7) is 1.36. The Morgan fingerprint density at radius 2 is 2.44 bits per heavy atom. The smallest absolute Gasteiger partial charge is 0.131 e. The number of hydrogen-bond acceptors (Lipinski definition) is 3. The van der Waals surface area contributed by atoms with Gasteiger partial charge in [0.05, 0.1) is 0 Å². The SMILES string of the molecule is OCCCC1CCCN1c1ccnc(Cl)c1. The molecule has 3 nitrogen and oxygen atoms in total. The fraction of sp³-hybridized carbons (Fsp3) is 0.583. The molecule has 0 saturated carbocycles. The van der Waals surface area contributed by atoms with Gasteiger partial charge in [-0.25, -0.2) is 4.98 Å². The van der Waals surface area contributed by atoms with Crippen LogP contribution in [0.25, 0.3) is 0 Å². The summed E-state index contributed by atoms with van der Waals surface area (Å²) in [5.41, 5.74) is 1.15. The Hall–Kier alpha value is -0.800. The van der Waals surface area contributed by atoms with Gasteiger partial charge in [-0.3, -0.25) is 0 Å². The summed E-state index contributed by atoms with van der Waals surface area (Å²) in [6, 6.07) is 4.47. The van der Waals surface area contributed by atoms with Crippen molar-refractivity contribution in [2.45, 2.75) is 31.7 Å². The van der Waals surface area contributed by atoms with Crippen LogP contribution in [-0.4, -0.2) is 29.3 Å². The van der Waals surface area contributed by atoms with Crippen molar-refractivity contribution in [1.82, 2.24) is 4.98 Å². The molecular formula is C12H17ClN2O. The third kappa shape index (κ3) is 2.66. The summed E-state index contributed by atoms with van der Waals surface area (Å²) in [5.74, 6) is 0. The van der Waals surface area contributed by atoms with E-state index < -0.39 is 0 Å². The summed E-state index contributed by atoms with van der Waals surface area (Å²) in [4.78, 5) is 6.38. The van der Waals surface area contributed by atoms with Crippen molar-refractivity contribution in [3.63, 3.8) is 0 Å². The molecule has 0 radical (unpaired) electrons. The quantitative estimate of drug-likeness (QED) is 0.822. The van der Waals surface area contributed by atoms with E-state index in [1.54, 1.807) is 6.20 Å². The molecule has 4 heteroatoms. The highest BCUT2D eigenvalue weighted by atomic mass is 35.5. The van der Waals surface area contributed by atoms with Gasteiger partial charge in [0.15, 0.2) is 0 Å². The van der Waals surface area contributed by atoms with Crippen LogP contribution in [0.15, 0.2) is 18.3 Å². The first-order valence-corrected chi connectivity index (χ1v) is 6.18. The number of rotatable bonds is 4. The minimum absolute atomic E-state index is 0.279. The van der Waals surface area contributed by atoms with Crippen LogP contribution in [0.1, 0.15) is 25.7 Å². The molecule has 1 aromatic rings. The number of pyridine rings is 1. The van der Waals surface area contributed by atoms with Crippen LogP contribution < -0.4 is 4.90 Å². The van der Waals surface area contributed by atoms with Crippen molar-refractivity contribution in [2.75, 3.05) is 18.1 Å². The third-order valence-corrected chi connectivity index (χ3v) is 3.32. The van der Waals surface area contributed by atoms with Crippen molar-refractivity contribution < 1.29 is 5.11 Å². The summed E-state index contributed by atoms with van der Waals surface area (Å²) < 4.78 is 0. The summed E-state index contributed by atoms with van der Waals surface area (Å²) >= 11 is 5.90. The lowest BCUT2D eigenvalue weighted by molar-refractivity contribution is 0.279. The van der Waals surface area contributed by atoms with Crippen molar-refractivity contribution in [2.24, 2.45) is 0 Å². The van der Waals surface area contributed by atoms with Crippen LogP contribution in [0.4, 0.5) is 5.69 Å². The molecule has 0 bridgehead atoms. The fourth-order valence-corrected chi connectivity index (χ4v) is 2.54. The molecule has 2 heterocycles. The average molecular weight is 241 g/mol. The zero-order valence-electron chi connectivity index (χ0n) is 9.27. The standard InChI is InChI=1S/C12H17ClN2O/c13-12-9-11(5-6-14-12)15-7-1-3-10(15)4-2-8-16/h5-6,9-10,16H,1-4,7-8H2. The van der Waals surface area contributed by atoms with E-state index >= 15 is 0 Å². The number of nitrogens with zero attached hydrogens (tertiary/aromatic N) is 2. The average Bonchev–Trinajstić information content (AvgIpc) is 2.74. The minimum atomic E-state index is 0.279. The topological polar surface area (TPSA) is 36.4 Å². The highest BCUT2D eigenvalue weighted by Gasteiger charge is 2.24. The first-order valence-electron chi connectivity index (χ1n) is 5.80. The van der Waals surface area contributed by atoms with Gasteiger partial charge in [-0.15, -0.1) is 0 Å². The molecule has 1 atom stereocenters. The second-order valence-corrected chi connectivity index (χ2v) is 4.58. The summed E-state index contributed by atoms with van der Waals surface area (Å²) in [6.07, 6.45) is 6.10. The Morgan fingerprint density at radius 1 is 1.56 bits per heavy atom. The molecular weight excluding hydrogens is 224 g/mol. The molecule has 0 aromatic carbocycles. The Morgan fingerprint density at radius 3 is 3.19 bits per heavy atom. The van der Waals surface area contributed by atoms with Crippen LogP contribution in [0.2, 0.25) is 5.15 Å². The maximum atomic E-state index is 8.88. The molecule has 1 N–H and O–H groups in total. The molecule has 0 aliphatic carbocycles. The lowest BCUT2D eigenvalue weighted by Gasteiger charge is -2.26. The maximum Gasteiger partial charge on any atom is 0.131 e. The molecule has 0 amide bonds. The number of aliphatic hydroxyl groups excluding tert-OH is 1. The molecule has 1 fully saturated rings. The monoisotopic (exact) mass is 240 g/mol. The van der Waals surface area contributed by atoms with Gasteiger partial charge in [0, 0.05) is 31.1 Å². The highest BCUT2D eigenvalue weighted by Crippen LogP contribution is 2.28. The van der Waals surface area contributed by atoms with Crippen LogP contribution in [0, 0.1) is 0 Å². The van der Waals surface area contributed by atoms with E-state index in [9.17, 15) is 0 Å². The van der Waals surface area contributed by atoms with Gasteiger partial charge >= 0.3 is 0 Å². The second kappa shape index (κ2) is 5.51. The Labute approximate surface area is 101 Å². The summed E-state index contributed by atoms with van der Waals surface area (Å²) in [5, 5.41) is 9.42. The van der Waals surface area contributed by atoms with Crippen LogP contribution in [0.5, 0.6) is 0 Å². The molecule has 16 heavy (non-hydrogen) atoms. The number of aliphatic hydroxyl groups is 1. The van der Waals surface area contributed by atoms with Crippen molar-refractivity contribution in [1.29, 1.82) is 0 Å². The van der Waals surface area contributed by atoms with E-state index in [-0.39, 0.29) is 6.61 Å². The zero-order valence-corrected chi connectivity index (χ0v) is 10.0. The maximum absolute atomic E-state index is 8.88. The third-order valence-electron chi connectivity index (χ3n) is 3.11. The van der Waals surface area contributed by atoms with E-state index in [1.807, 2.05) is 12.1 Å². The lowest BCUT2D eigenvalue weighted by atomic mass is 10.1. The number of anilines is 1. The summed E-state index contributed by atoms with van der Waals surface area (Å²) in [7, 11) is 0. The molecule has 1 aromatic heterocycles. The second-order valence-electron chi connectivity index (χ2n) is 4.19. The van der Waals surface area contributed by atoms with Crippen LogP contribution in [0.3, 0.4) is 0 Å². The van der Waals surface area contributed by atoms with Crippen molar-refractivity contribution in [3.8, 4) is 0 Å². The molecule has 88 valence electrons. The van der Waals surface area contributed by atoms with Gasteiger partial charge in [0.1, 0.15) is 5.15 Å². The number of hydrogen-bond donors (Lipinski definition) is 1. The van der Waals surface area contributed by atoms with E-state index in [2.05, 4.69) is 9.88 Å². The molecule has 0 spiro atoms. The lowest BCUT2D eigenvalue weighted by Crippen LogP contribution is -2.29. The van der Waals surface area contributed by atoms with Gasteiger partial charge in [-0.1, -0.05) is 11.6 Å². The normalized spacial score (nSPS) is 20.4. The first kappa shape index (κ1) is 11.7. The highest BCUT2D eigenvalue weighted by molar-refractivity contribution is 6.29. The van der Waals surface area contributed by atoms with Crippen molar-refractivity contribution >= 4 is 17.3 Å². The molecule has 1 aliphatic heterocycles. The predicted octanol–water partition coefficient (Wildman–Crippen LogP) is 2.48. The van der Waals surface area contributed by atoms with Gasteiger partial charge < -0.3 is 10.0 Å².